The van der Waals surface area contributed by atoms with Crippen molar-refractivity contribution in [1.82, 2.24) is 10.3 Å². The average Bonchev–Trinajstić information content (AvgIpc) is 3.32. The first kappa shape index (κ1) is 17.7. The van der Waals surface area contributed by atoms with Crippen molar-refractivity contribution >= 4 is 39.1 Å². The van der Waals surface area contributed by atoms with Crippen LogP contribution >= 0.6 is 22.9 Å². The molecule has 5 nitrogen and oxygen atoms in total. The first-order chi connectivity index (χ1) is 13.1. The van der Waals surface area contributed by atoms with Gasteiger partial charge in [-0.05, 0) is 42.0 Å². The Morgan fingerprint density at radius 3 is 2.85 bits per heavy atom. The standard InChI is InChI=1S/C20H15ClN2O3S/c21-13-5-3-4-12(10-13)15(24)11-22-19(25)16-8-9-17(26-16)20-23-14-6-1-2-7-18(14)27-20/h1-10,15,24H,11H2,(H,22,25). The third-order valence-corrected chi connectivity index (χ3v) is 5.31. The smallest absolute Gasteiger partial charge is 0.287 e. The first-order valence-corrected chi connectivity index (χ1v) is 9.47. The second-order valence-corrected chi connectivity index (χ2v) is 7.40. The highest BCUT2D eigenvalue weighted by molar-refractivity contribution is 7.21. The van der Waals surface area contributed by atoms with Gasteiger partial charge >= 0.3 is 0 Å². The molecular weight excluding hydrogens is 384 g/mol. The van der Waals surface area contributed by atoms with Crippen molar-refractivity contribution in [2.75, 3.05) is 6.54 Å². The van der Waals surface area contributed by atoms with Gasteiger partial charge in [0.05, 0.1) is 16.3 Å². The van der Waals surface area contributed by atoms with E-state index >= 15 is 0 Å². The van der Waals surface area contributed by atoms with Crippen molar-refractivity contribution in [1.29, 1.82) is 0 Å². The molecule has 0 saturated heterocycles. The van der Waals surface area contributed by atoms with Gasteiger partial charge in [-0.15, -0.1) is 11.3 Å². The molecule has 136 valence electrons. The number of thiazole rings is 1. The summed E-state index contributed by atoms with van der Waals surface area (Å²) >= 11 is 7.42. The van der Waals surface area contributed by atoms with E-state index < -0.39 is 12.0 Å². The number of fused-ring (bicyclic) bond motifs is 1. The van der Waals surface area contributed by atoms with Crippen LogP contribution in [-0.2, 0) is 0 Å². The van der Waals surface area contributed by atoms with Crippen molar-refractivity contribution in [3.8, 4) is 10.8 Å². The number of carbonyl (C=O) groups excluding carboxylic acids is 1. The van der Waals surface area contributed by atoms with Crippen molar-refractivity contribution in [3.05, 3.63) is 77.0 Å². The van der Waals surface area contributed by atoms with Crippen LogP contribution in [0.2, 0.25) is 5.02 Å². The van der Waals surface area contributed by atoms with Crippen LogP contribution in [-0.4, -0.2) is 22.5 Å². The summed E-state index contributed by atoms with van der Waals surface area (Å²) in [5, 5.41) is 14.1. The fraction of sp³-hybridized carbons (Fsp3) is 0.100. The van der Waals surface area contributed by atoms with Crippen molar-refractivity contribution in [3.63, 3.8) is 0 Å². The van der Waals surface area contributed by atoms with Gasteiger partial charge in [-0.2, -0.15) is 0 Å². The van der Waals surface area contributed by atoms with Crippen LogP contribution in [0.25, 0.3) is 21.0 Å². The summed E-state index contributed by atoms with van der Waals surface area (Å²) in [7, 11) is 0. The quantitative estimate of drug-likeness (QED) is 0.512. The summed E-state index contributed by atoms with van der Waals surface area (Å²) in [4.78, 5) is 16.8. The maximum atomic E-state index is 12.3. The number of hydrogen-bond donors (Lipinski definition) is 2. The normalized spacial score (nSPS) is 12.2. The van der Waals surface area contributed by atoms with E-state index in [0.29, 0.717) is 21.4 Å². The van der Waals surface area contributed by atoms with Gasteiger partial charge in [-0.1, -0.05) is 35.9 Å². The summed E-state index contributed by atoms with van der Waals surface area (Å²) < 4.78 is 6.71. The summed E-state index contributed by atoms with van der Waals surface area (Å²) in [6.07, 6.45) is -0.855. The fourth-order valence-corrected chi connectivity index (χ4v) is 3.79. The molecule has 2 aromatic heterocycles. The minimum absolute atomic E-state index is 0.0519. The number of carbonyl (C=O) groups is 1. The zero-order chi connectivity index (χ0) is 18.8. The number of rotatable bonds is 5. The van der Waals surface area contributed by atoms with E-state index in [1.807, 2.05) is 24.3 Å². The van der Waals surface area contributed by atoms with Crippen LogP contribution in [0.1, 0.15) is 22.2 Å². The largest absolute Gasteiger partial charge is 0.448 e. The van der Waals surface area contributed by atoms with Crippen molar-refractivity contribution in [2.45, 2.75) is 6.10 Å². The molecule has 4 rings (SSSR count). The molecule has 0 fully saturated rings. The van der Waals surface area contributed by atoms with Crippen LogP contribution in [0.15, 0.2) is 65.1 Å². The molecule has 4 aromatic rings. The maximum Gasteiger partial charge on any atom is 0.287 e. The monoisotopic (exact) mass is 398 g/mol. The van der Waals surface area contributed by atoms with Crippen LogP contribution < -0.4 is 5.32 Å². The van der Waals surface area contributed by atoms with E-state index in [4.69, 9.17) is 16.0 Å². The van der Waals surface area contributed by atoms with E-state index in [1.54, 1.807) is 36.4 Å². The van der Waals surface area contributed by atoms with Gasteiger partial charge in [0.15, 0.2) is 16.5 Å². The highest BCUT2D eigenvalue weighted by Crippen LogP contribution is 2.31. The van der Waals surface area contributed by atoms with Gasteiger partial charge in [0.25, 0.3) is 5.91 Å². The van der Waals surface area contributed by atoms with Gasteiger partial charge < -0.3 is 14.8 Å². The Bertz CT molecular complexity index is 1070. The minimum Gasteiger partial charge on any atom is -0.448 e. The predicted molar refractivity (Wildman–Crippen MR) is 106 cm³/mol. The molecule has 0 bridgehead atoms. The Morgan fingerprint density at radius 2 is 2.04 bits per heavy atom. The molecule has 0 saturated carbocycles. The van der Waals surface area contributed by atoms with Gasteiger partial charge in [0.1, 0.15) is 0 Å². The number of aliphatic hydroxyl groups excluding tert-OH is 1. The summed E-state index contributed by atoms with van der Waals surface area (Å²) in [6, 6.07) is 18.0. The van der Waals surface area contributed by atoms with E-state index in [2.05, 4.69) is 10.3 Å². The number of halogens is 1. The Kier molecular flexibility index (Phi) is 4.94. The second kappa shape index (κ2) is 7.52. The summed E-state index contributed by atoms with van der Waals surface area (Å²) in [6.45, 7) is 0.0519. The minimum atomic E-state index is -0.855. The Hall–Kier alpha value is -2.67. The predicted octanol–water partition coefficient (Wildman–Crippen LogP) is 4.67. The lowest BCUT2D eigenvalue weighted by Gasteiger charge is -2.11. The Morgan fingerprint density at radius 1 is 1.19 bits per heavy atom. The number of benzene rings is 2. The number of nitrogens with zero attached hydrogens (tertiary/aromatic N) is 1. The topological polar surface area (TPSA) is 75.4 Å². The van der Waals surface area contributed by atoms with Gasteiger partial charge in [0, 0.05) is 11.6 Å². The van der Waals surface area contributed by atoms with Crippen LogP contribution in [0, 0.1) is 0 Å². The number of para-hydroxylation sites is 1. The SMILES string of the molecule is O=C(NCC(O)c1cccc(Cl)c1)c1ccc(-c2nc3ccccc3s2)o1. The van der Waals surface area contributed by atoms with E-state index in [-0.39, 0.29) is 12.3 Å². The first-order valence-electron chi connectivity index (χ1n) is 8.27. The average molecular weight is 399 g/mol. The van der Waals surface area contributed by atoms with E-state index in [1.165, 1.54) is 11.3 Å². The second-order valence-electron chi connectivity index (χ2n) is 5.93. The van der Waals surface area contributed by atoms with E-state index in [0.717, 1.165) is 10.2 Å². The summed E-state index contributed by atoms with van der Waals surface area (Å²) in [5.74, 6) is 0.308. The molecule has 0 aliphatic rings. The third kappa shape index (κ3) is 3.88. The Balaban J connectivity index is 1.44. The van der Waals surface area contributed by atoms with Crippen LogP contribution in [0.3, 0.4) is 0 Å². The molecule has 2 aromatic carbocycles. The highest BCUT2D eigenvalue weighted by atomic mass is 35.5. The van der Waals surface area contributed by atoms with Crippen molar-refractivity contribution < 1.29 is 14.3 Å². The number of nitrogens with one attached hydrogen (secondary N) is 1. The van der Waals surface area contributed by atoms with E-state index in [9.17, 15) is 9.90 Å². The lowest BCUT2D eigenvalue weighted by Crippen LogP contribution is -2.28. The van der Waals surface area contributed by atoms with Gasteiger partial charge in [-0.25, -0.2) is 4.98 Å². The number of aromatic nitrogens is 1. The molecule has 1 unspecified atom stereocenters. The van der Waals surface area contributed by atoms with Crippen LogP contribution in [0.5, 0.6) is 0 Å². The molecular formula is C20H15ClN2O3S. The molecule has 27 heavy (non-hydrogen) atoms. The molecule has 1 atom stereocenters. The highest BCUT2D eigenvalue weighted by Gasteiger charge is 2.16. The molecule has 0 radical (unpaired) electrons. The Labute approximate surface area is 164 Å². The lowest BCUT2D eigenvalue weighted by molar-refractivity contribution is 0.0890. The molecule has 0 aliphatic carbocycles. The van der Waals surface area contributed by atoms with Crippen molar-refractivity contribution in [2.24, 2.45) is 0 Å². The maximum absolute atomic E-state index is 12.3. The number of furan rings is 1. The number of hydrogen-bond acceptors (Lipinski definition) is 5. The zero-order valence-electron chi connectivity index (χ0n) is 14.1. The lowest BCUT2D eigenvalue weighted by atomic mass is 10.1. The van der Waals surface area contributed by atoms with Gasteiger partial charge in [0.2, 0.25) is 0 Å². The molecule has 7 heteroatoms. The molecule has 0 spiro atoms. The van der Waals surface area contributed by atoms with Crippen LogP contribution in [0.4, 0.5) is 0 Å². The molecule has 0 aliphatic heterocycles. The summed E-state index contributed by atoms with van der Waals surface area (Å²) in [5.41, 5.74) is 1.53. The molecule has 1 amide bonds. The molecule has 2 heterocycles. The molecule has 2 N–H and O–H groups in total. The number of aliphatic hydroxyl groups is 1. The fourth-order valence-electron chi connectivity index (χ4n) is 2.66. The number of amides is 1. The van der Waals surface area contributed by atoms with Gasteiger partial charge in [-0.3, -0.25) is 4.79 Å². The zero-order valence-corrected chi connectivity index (χ0v) is 15.6. The third-order valence-electron chi connectivity index (χ3n) is 4.02.